The molecule has 0 aliphatic carbocycles. The molecular formula is C13H20N2O2. The van der Waals surface area contributed by atoms with Gasteiger partial charge in [0.25, 0.3) is 0 Å². The Labute approximate surface area is 102 Å². The molecule has 17 heavy (non-hydrogen) atoms. The van der Waals surface area contributed by atoms with Gasteiger partial charge in [0.15, 0.2) is 0 Å². The van der Waals surface area contributed by atoms with Gasteiger partial charge in [-0.05, 0) is 26.0 Å². The van der Waals surface area contributed by atoms with Crippen LogP contribution in [0.1, 0.15) is 20.3 Å². The number of carbonyl (C=O) groups is 1. The maximum absolute atomic E-state index is 10.8. The summed E-state index contributed by atoms with van der Waals surface area (Å²) in [5.41, 5.74) is 4.88. The van der Waals surface area contributed by atoms with E-state index in [2.05, 4.69) is 5.32 Å². The molecule has 0 aliphatic rings. The molecule has 0 spiro atoms. The zero-order valence-corrected chi connectivity index (χ0v) is 10.4. The predicted molar refractivity (Wildman–Crippen MR) is 67.8 cm³/mol. The highest BCUT2D eigenvalue weighted by molar-refractivity contribution is 5.74. The lowest BCUT2D eigenvalue weighted by Crippen LogP contribution is -2.44. The zero-order chi connectivity index (χ0) is 12.7. The second-order valence-electron chi connectivity index (χ2n) is 4.62. The first-order chi connectivity index (χ1) is 7.99. The van der Waals surface area contributed by atoms with Gasteiger partial charge in [-0.25, -0.2) is 0 Å². The van der Waals surface area contributed by atoms with E-state index in [1.165, 1.54) is 0 Å². The number of hydrogen-bond donors (Lipinski definition) is 2. The molecule has 0 saturated heterocycles. The molecule has 0 bridgehead atoms. The molecule has 1 amide bonds. The zero-order valence-electron chi connectivity index (χ0n) is 10.4. The Bertz CT molecular complexity index is 350. The summed E-state index contributed by atoms with van der Waals surface area (Å²) in [6.45, 7) is 5.13. The number of benzene rings is 1. The quantitative estimate of drug-likeness (QED) is 0.702. The van der Waals surface area contributed by atoms with Gasteiger partial charge in [-0.15, -0.1) is 0 Å². The fourth-order valence-corrected chi connectivity index (χ4v) is 1.57. The summed E-state index contributed by atoms with van der Waals surface area (Å²) >= 11 is 0. The van der Waals surface area contributed by atoms with Crippen molar-refractivity contribution in [2.75, 3.05) is 13.2 Å². The first-order valence-electron chi connectivity index (χ1n) is 5.71. The lowest BCUT2D eigenvalue weighted by atomic mass is 10.0. The summed E-state index contributed by atoms with van der Waals surface area (Å²) in [5, 5.41) is 3.23. The van der Waals surface area contributed by atoms with Crippen LogP contribution in [0, 0.1) is 0 Å². The van der Waals surface area contributed by atoms with Crippen LogP contribution in [-0.4, -0.2) is 24.6 Å². The molecule has 4 heteroatoms. The van der Waals surface area contributed by atoms with Gasteiger partial charge in [-0.3, -0.25) is 4.79 Å². The highest BCUT2D eigenvalue weighted by Gasteiger charge is 2.19. The Morgan fingerprint density at radius 1 is 1.35 bits per heavy atom. The van der Waals surface area contributed by atoms with Crippen molar-refractivity contribution in [3.63, 3.8) is 0 Å². The molecule has 1 rings (SSSR count). The summed E-state index contributed by atoms with van der Waals surface area (Å²) in [5.74, 6) is 0.550. The summed E-state index contributed by atoms with van der Waals surface area (Å²) in [4.78, 5) is 10.8. The van der Waals surface area contributed by atoms with E-state index in [1.54, 1.807) is 0 Å². The lowest BCUT2D eigenvalue weighted by Gasteiger charge is -2.24. The van der Waals surface area contributed by atoms with Gasteiger partial charge in [-0.1, -0.05) is 18.2 Å². The van der Waals surface area contributed by atoms with Gasteiger partial charge in [0.05, 0.1) is 0 Å². The number of nitrogens with two attached hydrogens (primary N) is 1. The molecule has 0 aliphatic heterocycles. The molecule has 0 aromatic heterocycles. The Morgan fingerprint density at radius 3 is 2.59 bits per heavy atom. The molecule has 94 valence electrons. The average Bonchev–Trinajstić information content (AvgIpc) is 2.24. The largest absolute Gasteiger partial charge is 0.492 e. The first kappa shape index (κ1) is 13.5. The molecule has 0 radical (unpaired) electrons. The SMILES string of the molecule is CC(C)(CC(N)=O)NCCOc1ccccc1. The Kier molecular flexibility index (Phi) is 4.97. The molecule has 1 aromatic rings. The van der Waals surface area contributed by atoms with Crippen LogP contribution in [0.25, 0.3) is 0 Å². The smallest absolute Gasteiger partial charge is 0.219 e. The van der Waals surface area contributed by atoms with Gasteiger partial charge in [-0.2, -0.15) is 0 Å². The van der Waals surface area contributed by atoms with Crippen LogP contribution in [0.15, 0.2) is 30.3 Å². The Hall–Kier alpha value is -1.55. The maximum atomic E-state index is 10.8. The number of carbonyl (C=O) groups excluding carboxylic acids is 1. The number of para-hydroxylation sites is 1. The highest BCUT2D eigenvalue weighted by Crippen LogP contribution is 2.09. The van der Waals surface area contributed by atoms with Crippen LogP contribution in [0.4, 0.5) is 0 Å². The van der Waals surface area contributed by atoms with Crippen molar-refractivity contribution >= 4 is 5.91 Å². The van der Waals surface area contributed by atoms with E-state index < -0.39 is 0 Å². The maximum Gasteiger partial charge on any atom is 0.219 e. The van der Waals surface area contributed by atoms with Crippen LogP contribution in [-0.2, 0) is 4.79 Å². The van der Waals surface area contributed by atoms with Gasteiger partial charge < -0.3 is 15.8 Å². The lowest BCUT2D eigenvalue weighted by molar-refractivity contribution is -0.119. The molecule has 0 unspecified atom stereocenters. The Balaban J connectivity index is 2.22. The van der Waals surface area contributed by atoms with E-state index in [0.29, 0.717) is 19.6 Å². The van der Waals surface area contributed by atoms with Gasteiger partial charge >= 0.3 is 0 Å². The number of amides is 1. The van der Waals surface area contributed by atoms with Crippen LogP contribution < -0.4 is 15.8 Å². The summed E-state index contributed by atoms with van der Waals surface area (Å²) in [6.07, 6.45) is 0.318. The summed E-state index contributed by atoms with van der Waals surface area (Å²) in [7, 11) is 0. The molecule has 4 nitrogen and oxygen atoms in total. The highest BCUT2D eigenvalue weighted by atomic mass is 16.5. The monoisotopic (exact) mass is 236 g/mol. The van der Waals surface area contributed by atoms with Gasteiger partial charge in [0.2, 0.25) is 5.91 Å². The van der Waals surface area contributed by atoms with Crippen LogP contribution in [0.2, 0.25) is 0 Å². The predicted octanol–water partition coefficient (Wildman–Crippen LogP) is 1.31. The van der Waals surface area contributed by atoms with Crippen LogP contribution in [0.3, 0.4) is 0 Å². The van der Waals surface area contributed by atoms with E-state index in [9.17, 15) is 4.79 Å². The number of nitrogens with one attached hydrogen (secondary N) is 1. The molecule has 0 fully saturated rings. The van der Waals surface area contributed by atoms with Gasteiger partial charge in [0, 0.05) is 18.5 Å². The fraction of sp³-hybridized carbons (Fsp3) is 0.462. The van der Waals surface area contributed by atoms with Crippen molar-refractivity contribution in [3.8, 4) is 5.75 Å². The van der Waals surface area contributed by atoms with Crippen LogP contribution in [0.5, 0.6) is 5.75 Å². The van der Waals surface area contributed by atoms with Crippen molar-refractivity contribution in [1.82, 2.24) is 5.32 Å². The van der Waals surface area contributed by atoms with Crippen LogP contribution >= 0.6 is 0 Å². The van der Waals surface area contributed by atoms with E-state index in [0.717, 1.165) is 5.75 Å². The third kappa shape index (κ3) is 5.92. The van der Waals surface area contributed by atoms with Crippen molar-refractivity contribution in [3.05, 3.63) is 30.3 Å². The summed E-state index contributed by atoms with van der Waals surface area (Å²) < 4.78 is 5.53. The normalized spacial score (nSPS) is 11.2. The average molecular weight is 236 g/mol. The molecule has 3 N–H and O–H groups in total. The minimum atomic E-state index is -0.300. The Morgan fingerprint density at radius 2 is 2.00 bits per heavy atom. The van der Waals surface area contributed by atoms with E-state index in [-0.39, 0.29) is 11.4 Å². The van der Waals surface area contributed by atoms with E-state index in [1.807, 2.05) is 44.2 Å². The number of hydrogen-bond acceptors (Lipinski definition) is 3. The molecular weight excluding hydrogens is 216 g/mol. The fourth-order valence-electron chi connectivity index (χ4n) is 1.57. The van der Waals surface area contributed by atoms with Crippen molar-refractivity contribution in [2.24, 2.45) is 5.73 Å². The first-order valence-corrected chi connectivity index (χ1v) is 5.71. The third-order valence-corrected chi connectivity index (χ3v) is 2.33. The molecule has 0 heterocycles. The molecule has 1 aromatic carbocycles. The molecule has 0 atom stereocenters. The second kappa shape index (κ2) is 6.25. The van der Waals surface area contributed by atoms with E-state index >= 15 is 0 Å². The minimum absolute atomic E-state index is 0.286. The topological polar surface area (TPSA) is 64.4 Å². The van der Waals surface area contributed by atoms with E-state index in [4.69, 9.17) is 10.5 Å². The number of ether oxygens (including phenoxy) is 1. The van der Waals surface area contributed by atoms with Crippen molar-refractivity contribution < 1.29 is 9.53 Å². The van der Waals surface area contributed by atoms with Crippen molar-refractivity contribution in [1.29, 1.82) is 0 Å². The summed E-state index contributed by atoms with van der Waals surface area (Å²) in [6, 6.07) is 9.63. The number of rotatable bonds is 7. The standard InChI is InChI=1S/C13H20N2O2/c1-13(2,10-12(14)16)15-8-9-17-11-6-4-3-5-7-11/h3-7,15H,8-10H2,1-2H3,(H2,14,16). The van der Waals surface area contributed by atoms with Gasteiger partial charge in [0.1, 0.15) is 12.4 Å². The molecule has 0 saturated carbocycles. The minimum Gasteiger partial charge on any atom is -0.492 e. The second-order valence-corrected chi connectivity index (χ2v) is 4.62. The third-order valence-electron chi connectivity index (χ3n) is 2.33. The number of primary amides is 1. The van der Waals surface area contributed by atoms with Crippen molar-refractivity contribution in [2.45, 2.75) is 25.8 Å².